The first-order valence-electron chi connectivity index (χ1n) is 9.36. The third kappa shape index (κ3) is 6.13. The number of piperidine rings is 1. The van der Waals surface area contributed by atoms with Crippen LogP contribution in [0.2, 0.25) is 0 Å². The number of hydrogen-bond acceptors (Lipinski definition) is 4. The molecule has 7 nitrogen and oxygen atoms in total. The molecule has 0 aliphatic carbocycles. The lowest BCUT2D eigenvalue weighted by Gasteiger charge is -2.44. The van der Waals surface area contributed by atoms with Crippen LogP contribution in [-0.2, 0) is 15.9 Å². The van der Waals surface area contributed by atoms with Crippen LogP contribution in [0, 0.1) is 0 Å². The van der Waals surface area contributed by atoms with Crippen molar-refractivity contribution in [2.45, 2.75) is 64.3 Å². The van der Waals surface area contributed by atoms with Crippen molar-refractivity contribution in [2.24, 2.45) is 0 Å². The van der Waals surface area contributed by atoms with Crippen molar-refractivity contribution < 1.29 is 24.2 Å². The number of carboxylic acid groups (broad SMARTS) is 1. The van der Waals surface area contributed by atoms with Crippen molar-refractivity contribution in [1.29, 1.82) is 0 Å². The van der Waals surface area contributed by atoms with Crippen molar-refractivity contribution >= 4 is 12.2 Å². The summed E-state index contributed by atoms with van der Waals surface area (Å²) in [7, 11) is 0. The van der Waals surface area contributed by atoms with E-state index in [0.717, 1.165) is 5.56 Å². The Labute approximate surface area is 160 Å². The van der Waals surface area contributed by atoms with Crippen LogP contribution >= 0.6 is 0 Å². The molecule has 7 heteroatoms. The van der Waals surface area contributed by atoms with E-state index in [-0.39, 0.29) is 6.10 Å². The first-order chi connectivity index (χ1) is 12.7. The number of alkyl carbamates (subject to hydrolysis) is 1. The molecule has 1 aliphatic heterocycles. The molecule has 0 bridgehead atoms. The summed E-state index contributed by atoms with van der Waals surface area (Å²) in [5, 5.41) is 12.6. The van der Waals surface area contributed by atoms with E-state index in [2.05, 4.69) is 5.32 Å². The highest BCUT2D eigenvalue weighted by molar-refractivity contribution is 5.69. The summed E-state index contributed by atoms with van der Waals surface area (Å²) in [5.74, 6) is 0. The maximum Gasteiger partial charge on any atom is 0.408 e. The van der Waals surface area contributed by atoms with Gasteiger partial charge in [-0.2, -0.15) is 0 Å². The Bertz CT molecular complexity index is 629. The molecular formula is C20H30N2O5. The predicted octanol–water partition coefficient (Wildman–Crippen LogP) is 3.28. The minimum Gasteiger partial charge on any atom is -0.465 e. The number of carbonyl (C=O) groups excluding carboxylic acids is 1. The molecule has 1 aromatic carbocycles. The summed E-state index contributed by atoms with van der Waals surface area (Å²) in [6, 6.07) is 8.72. The van der Waals surface area contributed by atoms with Crippen LogP contribution in [0.5, 0.6) is 0 Å². The van der Waals surface area contributed by atoms with Crippen LogP contribution in [0.3, 0.4) is 0 Å². The molecule has 2 rings (SSSR count). The van der Waals surface area contributed by atoms with E-state index in [1.807, 2.05) is 37.3 Å². The van der Waals surface area contributed by atoms with Gasteiger partial charge in [-0.25, -0.2) is 9.59 Å². The summed E-state index contributed by atoms with van der Waals surface area (Å²) in [6.45, 7) is 8.11. The minimum absolute atomic E-state index is 0.271. The van der Waals surface area contributed by atoms with Crippen LogP contribution in [-0.4, -0.2) is 59.1 Å². The summed E-state index contributed by atoms with van der Waals surface area (Å²) < 4.78 is 11.2. The first kappa shape index (κ1) is 21.0. The SMILES string of the molecule is CCO[C@H]1CCN(C(=O)O)C(Cc2ccccc2)[C@@H]1NC(=O)OC(C)(C)C. The molecule has 1 aromatic rings. The number of hydrogen-bond donors (Lipinski definition) is 2. The fraction of sp³-hybridized carbons (Fsp3) is 0.600. The van der Waals surface area contributed by atoms with Gasteiger partial charge in [0.05, 0.1) is 18.2 Å². The van der Waals surface area contributed by atoms with Crippen LogP contribution < -0.4 is 5.32 Å². The molecule has 1 saturated heterocycles. The zero-order valence-corrected chi connectivity index (χ0v) is 16.5. The van der Waals surface area contributed by atoms with E-state index < -0.39 is 29.9 Å². The summed E-state index contributed by atoms with van der Waals surface area (Å²) >= 11 is 0. The Morgan fingerprint density at radius 1 is 1.26 bits per heavy atom. The topological polar surface area (TPSA) is 88.1 Å². The molecule has 1 heterocycles. The normalized spacial score (nSPS) is 23.0. The van der Waals surface area contributed by atoms with E-state index in [4.69, 9.17) is 9.47 Å². The van der Waals surface area contributed by atoms with Gasteiger partial charge in [0.15, 0.2) is 0 Å². The number of ether oxygens (including phenoxy) is 2. The third-order valence-electron chi connectivity index (χ3n) is 4.47. The lowest BCUT2D eigenvalue weighted by Crippen LogP contribution is -2.64. The highest BCUT2D eigenvalue weighted by Crippen LogP contribution is 2.25. The molecule has 0 spiro atoms. The van der Waals surface area contributed by atoms with Gasteiger partial charge in [-0.05, 0) is 46.1 Å². The van der Waals surface area contributed by atoms with Crippen LogP contribution in [0.15, 0.2) is 30.3 Å². The molecule has 0 saturated carbocycles. The summed E-state index contributed by atoms with van der Waals surface area (Å²) in [5.41, 5.74) is 0.364. The highest BCUT2D eigenvalue weighted by atomic mass is 16.6. The van der Waals surface area contributed by atoms with E-state index in [0.29, 0.717) is 26.0 Å². The van der Waals surface area contributed by atoms with Crippen LogP contribution in [0.25, 0.3) is 0 Å². The zero-order chi connectivity index (χ0) is 20.0. The Morgan fingerprint density at radius 3 is 2.48 bits per heavy atom. The number of rotatable bonds is 5. The van der Waals surface area contributed by atoms with Gasteiger partial charge in [-0.15, -0.1) is 0 Å². The second-order valence-electron chi connectivity index (χ2n) is 7.69. The minimum atomic E-state index is -0.998. The molecular weight excluding hydrogens is 348 g/mol. The lowest BCUT2D eigenvalue weighted by molar-refractivity contribution is -0.0354. The molecule has 1 fully saturated rings. The average Bonchev–Trinajstić information content (AvgIpc) is 2.57. The van der Waals surface area contributed by atoms with Crippen molar-refractivity contribution in [2.75, 3.05) is 13.2 Å². The molecule has 2 amide bonds. The van der Waals surface area contributed by atoms with Crippen molar-refractivity contribution in [3.8, 4) is 0 Å². The zero-order valence-electron chi connectivity index (χ0n) is 16.5. The number of nitrogens with zero attached hydrogens (tertiary/aromatic N) is 1. The van der Waals surface area contributed by atoms with Gasteiger partial charge in [0.1, 0.15) is 5.60 Å². The molecule has 1 aliphatic rings. The third-order valence-corrected chi connectivity index (χ3v) is 4.47. The number of likely N-dealkylation sites (tertiary alicyclic amines) is 1. The lowest BCUT2D eigenvalue weighted by atomic mass is 9.89. The molecule has 150 valence electrons. The second kappa shape index (κ2) is 9.08. The van der Waals surface area contributed by atoms with Gasteiger partial charge in [0.2, 0.25) is 0 Å². The Hall–Kier alpha value is -2.28. The molecule has 0 aromatic heterocycles. The maximum atomic E-state index is 12.4. The van der Waals surface area contributed by atoms with Gasteiger partial charge >= 0.3 is 12.2 Å². The molecule has 3 atom stereocenters. The standard InChI is InChI=1S/C20H30N2O5/c1-5-26-16-11-12-22(19(24)25)15(13-14-9-7-6-8-10-14)17(16)21-18(23)27-20(2,3)4/h6-10,15-17H,5,11-13H2,1-4H3,(H,21,23)(H,24,25)/t15?,16-,17-/m0/s1. The second-order valence-corrected chi connectivity index (χ2v) is 7.69. The average molecular weight is 378 g/mol. The number of nitrogens with one attached hydrogen (secondary N) is 1. The molecule has 27 heavy (non-hydrogen) atoms. The number of carbonyl (C=O) groups is 2. The monoisotopic (exact) mass is 378 g/mol. The Balaban J connectivity index is 2.28. The van der Waals surface area contributed by atoms with Crippen molar-refractivity contribution in [3.63, 3.8) is 0 Å². The first-order valence-corrected chi connectivity index (χ1v) is 9.36. The van der Waals surface area contributed by atoms with Crippen molar-refractivity contribution in [1.82, 2.24) is 10.2 Å². The fourth-order valence-corrected chi connectivity index (χ4v) is 3.42. The van der Waals surface area contributed by atoms with E-state index >= 15 is 0 Å². The van der Waals surface area contributed by atoms with Gasteiger partial charge in [-0.3, -0.25) is 0 Å². The quantitative estimate of drug-likeness (QED) is 0.821. The van der Waals surface area contributed by atoms with Gasteiger partial charge in [-0.1, -0.05) is 30.3 Å². The number of amides is 2. The molecule has 0 radical (unpaired) electrons. The molecule has 2 N–H and O–H groups in total. The summed E-state index contributed by atoms with van der Waals surface area (Å²) in [4.78, 5) is 25.6. The Kier molecular flexibility index (Phi) is 7.07. The van der Waals surface area contributed by atoms with Gasteiger partial charge < -0.3 is 24.8 Å². The smallest absolute Gasteiger partial charge is 0.408 e. The predicted molar refractivity (Wildman–Crippen MR) is 102 cm³/mol. The number of benzene rings is 1. The van der Waals surface area contributed by atoms with Crippen LogP contribution in [0.4, 0.5) is 9.59 Å². The Morgan fingerprint density at radius 2 is 1.93 bits per heavy atom. The van der Waals surface area contributed by atoms with Crippen LogP contribution in [0.1, 0.15) is 39.7 Å². The maximum absolute atomic E-state index is 12.4. The van der Waals surface area contributed by atoms with Gasteiger partial charge in [0, 0.05) is 13.2 Å². The van der Waals surface area contributed by atoms with E-state index in [1.54, 1.807) is 20.8 Å². The van der Waals surface area contributed by atoms with Crippen molar-refractivity contribution in [3.05, 3.63) is 35.9 Å². The highest BCUT2D eigenvalue weighted by Gasteiger charge is 2.42. The van der Waals surface area contributed by atoms with E-state index in [9.17, 15) is 14.7 Å². The summed E-state index contributed by atoms with van der Waals surface area (Å²) in [6.07, 6.45) is -0.834. The van der Waals surface area contributed by atoms with Gasteiger partial charge in [0.25, 0.3) is 0 Å². The van der Waals surface area contributed by atoms with E-state index in [1.165, 1.54) is 4.90 Å². The largest absolute Gasteiger partial charge is 0.465 e. The fourth-order valence-electron chi connectivity index (χ4n) is 3.42. The molecule has 1 unspecified atom stereocenters.